The van der Waals surface area contributed by atoms with Gasteiger partial charge in [-0.2, -0.15) is 0 Å². The van der Waals surface area contributed by atoms with Gasteiger partial charge in [-0.25, -0.2) is 4.98 Å². The number of hydrogen-bond acceptors (Lipinski definition) is 5. The minimum Gasteiger partial charge on any atom is -0.402 e. The van der Waals surface area contributed by atoms with Gasteiger partial charge in [-0.05, 0) is 25.3 Å². The van der Waals surface area contributed by atoms with Crippen LogP contribution in [0.25, 0.3) is 11.3 Å². The molecule has 3 rings (SSSR count). The van der Waals surface area contributed by atoms with Crippen molar-refractivity contribution in [1.82, 2.24) is 14.8 Å². The normalized spacial score (nSPS) is 11.7. The molecule has 0 saturated carbocycles. The molecule has 2 heterocycles. The van der Waals surface area contributed by atoms with Crippen LogP contribution in [0.1, 0.15) is 15.9 Å². The molecule has 1 atom stereocenters. The summed E-state index contributed by atoms with van der Waals surface area (Å²) >= 11 is 1.33. The van der Waals surface area contributed by atoms with Gasteiger partial charge in [-0.1, -0.05) is 30.6 Å². The van der Waals surface area contributed by atoms with Crippen LogP contribution in [0.3, 0.4) is 0 Å². The van der Waals surface area contributed by atoms with Crippen molar-refractivity contribution >= 4 is 35.7 Å². The number of amides is 2. The fourth-order valence-corrected chi connectivity index (χ4v) is 3.48. The lowest BCUT2D eigenvalue weighted by molar-refractivity contribution is -0.119. The van der Waals surface area contributed by atoms with E-state index in [2.05, 4.69) is 15.6 Å². The van der Waals surface area contributed by atoms with Crippen molar-refractivity contribution in [3.8, 4) is 11.3 Å². The van der Waals surface area contributed by atoms with Gasteiger partial charge >= 0.3 is 0 Å². The standard InChI is InChI=1S/C20H22BN4O3S/c1-13-5-4-6-14(9-13)17-12-29-20(23-17)24-19(27)16(11-28-3)22-18(26)15-7-8-25(10-15)21-2/h4-10,12,16H,11H2,1-3H3,(H,22,26)(H,23,24,27). The van der Waals surface area contributed by atoms with E-state index in [9.17, 15) is 9.59 Å². The molecule has 0 bridgehead atoms. The molecule has 3 aromatic rings. The van der Waals surface area contributed by atoms with Crippen molar-refractivity contribution in [3.63, 3.8) is 0 Å². The molecule has 0 aliphatic heterocycles. The van der Waals surface area contributed by atoms with Gasteiger partial charge in [0, 0.05) is 24.3 Å². The molecule has 0 aliphatic carbocycles. The summed E-state index contributed by atoms with van der Waals surface area (Å²) in [5, 5.41) is 7.83. The quantitative estimate of drug-likeness (QED) is 0.561. The number of ether oxygens (including phenoxy) is 1. The van der Waals surface area contributed by atoms with E-state index < -0.39 is 6.04 Å². The maximum Gasteiger partial charge on any atom is 0.253 e. The van der Waals surface area contributed by atoms with Crippen LogP contribution in [0.2, 0.25) is 6.82 Å². The van der Waals surface area contributed by atoms with Crippen molar-refractivity contribution in [2.24, 2.45) is 0 Å². The highest BCUT2D eigenvalue weighted by Gasteiger charge is 2.23. The monoisotopic (exact) mass is 409 g/mol. The Hall–Kier alpha value is -2.91. The number of carbonyl (C=O) groups is 2. The molecule has 29 heavy (non-hydrogen) atoms. The van der Waals surface area contributed by atoms with Gasteiger partial charge in [0.15, 0.2) is 5.13 Å². The Kier molecular flexibility index (Phi) is 6.84. The van der Waals surface area contributed by atoms with Crippen molar-refractivity contribution < 1.29 is 14.3 Å². The van der Waals surface area contributed by atoms with E-state index >= 15 is 0 Å². The Bertz CT molecular complexity index is 1000. The molecule has 0 saturated heterocycles. The van der Waals surface area contributed by atoms with Gasteiger partial charge in [0.25, 0.3) is 11.8 Å². The number of nitrogens with one attached hydrogen (secondary N) is 2. The van der Waals surface area contributed by atoms with Gasteiger partial charge in [-0.15, -0.1) is 11.3 Å². The summed E-state index contributed by atoms with van der Waals surface area (Å²) in [7, 11) is 3.30. The summed E-state index contributed by atoms with van der Waals surface area (Å²) in [4.78, 5) is 29.6. The second kappa shape index (κ2) is 9.53. The van der Waals surface area contributed by atoms with E-state index in [1.165, 1.54) is 18.4 Å². The SMILES string of the molecule is C[B]n1ccc(C(=O)NC(COC)C(=O)Nc2nc(-c3cccc(C)c3)cs2)c1. The molecule has 9 heteroatoms. The number of benzene rings is 1. The van der Waals surface area contributed by atoms with Crippen LogP contribution >= 0.6 is 11.3 Å². The van der Waals surface area contributed by atoms with Gasteiger partial charge in [0.05, 0.1) is 17.9 Å². The lowest BCUT2D eigenvalue weighted by Gasteiger charge is -2.16. The van der Waals surface area contributed by atoms with Crippen LogP contribution in [-0.2, 0) is 9.53 Å². The van der Waals surface area contributed by atoms with Crippen molar-refractivity contribution in [3.05, 3.63) is 59.2 Å². The Balaban J connectivity index is 1.67. The first-order valence-corrected chi connectivity index (χ1v) is 9.98. The summed E-state index contributed by atoms with van der Waals surface area (Å²) in [6.07, 6.45) is 3.45. The molecule has 1 radical (unpaired) electrons. The molecule has 0 aliphatic rings. The minimum absolute atomic E-state index is 0.0499. The summed E-state index contributed by atoms with van der Waals surface area (Å²) in [5.74, 6) is -0.728. The largest absolute Gasteiger partial charge is 0.402 e. The zero-order chi connectivity index (χ0) is 20.8. The Labute approximate surface area is 174 Å². The minimum atomic E-state index is -0.840. The first-order chi connectivity index (χ1) is 14.0. The Morgan fingerprint density at radius 2 is 2.17 bits per heavy atom. The van der Waals surface area contributed by atoms with Gasteiger partial charge in [0.1, 0.15) is 6.04 Å². The number of carbonyl (C=O) groups excluding carboxylic acids is 2. The second-order valence-electron chi connectivity index (χ2n) is 6.48. The van der Waals surface area contributed by atoms with Gasteiger partial charge in [-0.3, -0.25) is 9.59 Å². The molecule has 1 unspecified atom stereocenters. The molecular weight excluding hydrogens is 387 g/mol. The second-order valence-corrected chi connectivity index (χ2v) is 7.34. The van der Waals surface area contributed by atoms with Crippen molar-refractivity contribution in [1.29, 1.82) is 0 Å². The Morgan fingerprint density at radius 3 is 2.86 bits per heavy atom. The summed E-state index contributed by atoms with van der Waals surface area (Å²) < 4.78 is 6.88. The molecule has 7 nitrogen and oxygen atoms in total. The third-order valence-electron chi connectivity index (χ3n) is 4.28. The fourth-order valence-electron chi connectivity index (χ4n) is 2.76. The lowest BCUT2D eigenvalue weighted by Crippen LogP contribution is -2.46. The van der Waals surface area contributed by atoms with Crippen molar-refractivity contribution in [2.75, 3.05) is 19.0 Å². The fraction of sp³-hybridized carbons (Fsp3) is 0.250. The topological polar surface area (TPSA) is 85.2 Å². The van der Waals surface area contributed by atoms with Gasteiger partial charge < -0.3 is 19.8 Å². The number of rotatable bonds is 8. The number of nitrogens with zero attached hydrogens (tertiary/aromatic N) is 2. The molecule has 2 N–H and O–H groups in total. The smallest absolute Gasteiger partial charge is 0.253 e. The van der Waals surface area contributed by atoms with Crippen molar-refractivity contribution in [2.45, 2.75) is 19.8 Å². The maximum atomic E-state index is 12.7. The summed E-state index contributed by atoms with van der Waals surface area (Å²) in [5.41, 5.74) is 3.38. The van der Waals surface area contributed by atoms with Crippen LogP contribution in [-0.4, -0.2) is 48.4 Å². The van der Waals surface area contributed by atoms with E-state index in [0.717, 1.165) is 16.8 Å². The zero-order valence-electron chi connectivity index (χ0n) is 16.5. The first kappa shape index (κ1) is 20.8. The highest BCUT2D eigenvalue weighted by atomic mass is 32.1. The van der Waals surface area contributed by atoms with E-state index in [1.54, 1.807) is 22.9 Å². The van der Waals surface area contributed by atoms with E-state index in [0.29, 0.717) is 10.7 Å². The predicted octanol–water partition coefficient (Wildman–Crippen LogP) is 2.82. The number of aryl methyl sites for hydroxylation is 1. The highest BCUT2D eigenvalue weighted by Crippen LogP contribution is 2.25. The third-order valence-corrected chi connectivity index (χ3v) is 5.04. The average molecular weight is 409 g/mol. The van der Waals surface area contributed by atoms with Crippen LogP contribution in [0.15, 0.2) is 48.1 Å². The molecule has 0 spiro atoms. The maximum absolute atomic E-state index is 12.7. The molecule has 1 aromatic carbocycles. The van der Waals surface area contributed by atoms with Crippen LogP contribution < -0.4 is 10.6 Å². The number of methoxy groups -OCH3 is 1. The first-order valence-electron chi connectivity index (χ1n) is 9.10. The zero-order valence-corrected chi connectivity index (χ0v) is 17.3. The predicted molar refractivity (Wildman–Crippen MR) is 115 cm³/mol. The van der Waals surface area contributed by atoms with E-state index in [4.69, 9.17) is 4.74 Å². The third kappa shape index (κ3) is 5.33. The molecule has 2 aromatic heterocycles. The number of thiazole rings is 1. The number of anilines is 1. The van der Waals surface area contributed by atoms with Crippen LogP contribution in [0.5, 0.6) is 0 Å². The Morgan fingerprint density at radius 1 is 1.34 bits per heavy atom. The summed E-state index contributed by atoms with van der Waals surface area (Å²) in [6.45, 7) is 3.93. The number of aromatic nitrogens is 2. The molecule has 2 amide bonds. The number of hydrogen-bond donors (Lipinski definition) is 2. The van der Waals surface area contributed by atoms with E-state index in [-0.39, 0.29) is 18.4 Å². The van der Waals surface area contributed by atoms with E-state index in [1.807, 2.05) is 50.8 Å². The lowest BCUT2D eigenvalue weighted by atomic mass is 10.0. The average Bonchev–Trinajstić information content (AvgIpc) is 3.37. The van der Waals surface area contributed by atoms with Crippen LogP contribution in [0, 0.1) is 6.92 Å². The van der Waals surface area contributed by atoms with Crippen LogP contribution in [0.4, 0.5) is 5.13 Å². The molecular formula is C20H22BN4O3S. The molecule has 149 valence electrons. The highest BCUT2D eigenvalue weighted by molar-refractivity contribution is 7.14. The summed E-state index contributed by atoms with van der Waals surface area (Å²) in [6, 6.07) is 8.84. The van der Waals surface area contributed by atoms with Gasteiger partial charge in [0.2, 0.25) is 7.41 Å². The molecule has 0 fully saturated rings.